The van der Waals surface area contributed by atoms with Gasteiger partial charge in [-0.1, -0.05) is 0 Å². The minimum atomic E-state index is -0.990. The number of esters is 1. The van der Waals surface area contributed by atoms with E-state index in [9.17, 15) is 24.1 Å². The Balaban J connectivity index is 2.96. The van der Waals surface area contributed by atoms with Crippen LogP contribution in [0.1, 0.15) is 17.3 Å². The molecule has 1 rings (SSSR count). The molecule has 19 heavy (non-hydrogen) atoms. The average molecular weight is 270 g/mol. The first-order chi connectivity index (χ1) is 8.86. The second-order valence-electron chi connectivity index (χ2n) is 3.64. The number of ether oxygens (including phenoxy) is 1. The van der Waals surface area contributed by atoms with E-state index in [1.807, 2.05) is 0 Å². The van der Waals surface area contributed by atoms with Crippen LogP contribution in [0.4, 0.5) is 10.1 Å². The number of hydrogen-bond donors (Lipinski definition) is 1. The van der Waals surface area contributed by atoms with Gasteiger partial charge in [0.25, 0.3) is 11.6 Å². The Hall–Kier alpha value is -2.51. The molecule has 7 nitrogen and oxygen atoms in total. The molecule has 1 aromatic rings. The van der Waals surface area contributed by atoms with Crippen LogP contribution in [0.15, 0.2) is 18.2 Å². The van der Waals surface area contributed by atoms with E-state index >= 15 is 0 Å². The maximum absolute atomic E-state index is 13.4. The fourth-order valence-electron chi connectivity index (χ4n) is 1.31. The minimum absolute atomic E-state index is 0.419. The fraction of sp³-hybridized carbons (Fsp3) is 0.273. The standard InChI is InChI=1S/C11H11FN2O5/c1-6(11(16)19-2)13-10(15)8-5-7(14(17)18)3-4-9(8)12/h3-6H,1-2H3,(H,13,15). The highest BCUT2D eigenvalue weighted by atomic mass is 19.1. The number of methoxy groups -OCH3 is 1. The van der Waals surface area contributed by atoms with Gasteiger partial charge in [0.15, 0.2) is 0 Å². The quantitative estimate of drug-likeness (QED) is 0.500. The molecule has 1 unspecified atom stereocenters. The van der Waals surface area contributed by atoms with E-state index in [1.54, 1.807) is 0 Å². The summed E-state index contributed by atoms with van der Waals surface area (Å²) in [4.78, 5) is 32.6. The molecule has 102 valence electrons. The fourth-order valence-corrected chi connectivity index (χ4v) is 1.31. The van der Waals surface area contributed by atoms with E-state index in [0.29, 0.717) is 0 Å². The summed E-state index contributed by atoms with van der Waals surface area (Å²) in [5, 5.41) is 12.7. The van der Waals surface area contributed by atoms with Crippen LogP contribution in [0, 0.1) is 15.9 Å². The Morgan fingerprint density at radius 2 is 2.11 bits per heavy atom. The lowest BCUT2D eigenvalue weighted by Crippen LogP contribution is -2.39. The summed E-state index contributed by atoms with van der Waals surface area (Å²) in [5.74, 6) is -2.56. The number of nitrogens with one attached hydrogen (secondary N) is 1. The zero-order valence-electron chi connectivity index (χ0n) is 10.2. The number of carbonyl (C=O) groups excluding carboxylic acids is 2. The molecule has 0 bridgehead atoms. The Labute approximate surface area is 107 Å². The molecule has 8 heteroatoms. The second kappa shape index (κ2) is 5.89. The molecule has 0 fully saturated rings. The first-order valence-electron chi connectivity index (χ1n) is 5.19. The molecular formula is C11H11FN2O5. The largest absolute Gasteiger partial charge is 0.467 e. The van der Waals surface area contributed by atoms with Crippen LogP contribution in [0.2, 0.25) is 0 Å². The molecule has 1 aromatic carbocycles. The number of benzene rings is 1. The minimum Gasteiger partial charge on any atom is -0.467 e. The third-order valence-electron chi connectivity index (χ3n) is 2.31. The van der Waals surface area contributed by atoms with E-state index < -0.39 is 39.9 Å². The number of nitrogens with zero attached hydrogens (tertiary/aromatic N) is 1. The van der Waals surface area contributed by atoms with Crippen molar-refractivity contribution in [2.45, 2.75) is 13.0 Å². The predicted molar refractivity (Wildman–Crippen MR) is 62.0 cm³/mol. The lowest BCUT2D eigenvalue weighted by atomic mass is 10.1. The van der Waals surface area contributed by atoms with Crippen LogP contribution >= 0.6 is 0 Å². The van der Waals surface area contributed by atoms with Crippen LogP contribution in [0.5, 0.6) is 0 Å². The normalized spacial score (nSPS) is 11.5. The van der Waals surface area contributed by atoms with Gasteiger partial charge >= 0.3 is 5.97 Å². The molecule has 1 amide bonds. The summed E-state index contributed by atoms with van der Waals surface area (Å²) < 4.78 is 17.8. The van der Waals surface area contributed by atoms with Gasteiger partial charge in [0.05, 0.1) is 17.6 Å². The van der Waals surface area contributed by atoms with E-state index in [2.05, 4.69) is 10.1 Å². The maximum atomic E-state index is 13.4. The molecule has 0 aliphatic heterocycles. The number of nitro groups is 1. The highest BCUT2D eigenvalue weighted by molar-refractivity contribution is 5.97. The average Bonchev–Trinajstić information content (AvgIpc) is 2.37. The van der Waals surface area contributed by atoms with E-state index in [-0.39, 0.29) is 0 Å². The molecule has 1 N–H and O–H groups in total. The molecule has 0 aliphatic carbocycles. The molecule has 0 aliphatic rings. The number of hydrogen-bond acceptors (Lipinski definition) is 5. The van der Waals surface area contributed by atoms with Gasteiger partial charge in [0.2, 0.25) is 0 Å². The zero-order chi connectivity index (χ0) is 14.6. The zero-order valence-corrected chi connectivity index (χ0v) is 10.2. The number of carbonyl (C=O) groups is 2. The van der Waals surface area contributed by atoms with Crippen LogP contribution < -0.4 is 5.32 Å². The van der Waals surface area contributed by atoms with Gasteiger partial charge in [-0.25, -0.2) is 9.18 Å². The van der Waals surface area contributed by atoms with Crippen LogP contribution in [0.25, 0.3) is 0 Å². The van der Waals surface area contributed by atoms with Gasteiger partial charge < -0.3 is 10.1 Å². The van der Waals surface area contributed by atoms with Crippen LogP contribution in [-0.2, 0) is 9.53 Å². The summed E-state index contributed by atoms with van der Waals surface area (Å²) in [6.07, 6.45) is 0. The van der Waals surface area contributed by atoms with E-state index in [0.717, 1.165) is 25.3 Å². The molecule has 0 spiro atoms. The molecule has 0 aromatic heterocycles. The number of nitro benzene ring substituents is 1. The van der Waals surface area contributed by atoms with Crippen molar-refractivity contribution in [1.82, 2.24) is 5.32 Å². The summed E-state index contributed by atoms with van der Waals surface area (Å²) in [7, 11) is 1.14. The number of amides is 1. The monoisotopic (exact) mass is 270 g/mol. The van der Waals surface area contributed by atoms with Crippen LogP contribution in [-0.4, -0.2) is 30.0 Å². The highest BCUT2D eigenvalue weighted by Crippen LogP contribution is 2.16. The molecule has 0 heterocycles. The molecule has 0 saturated carbocycles. The molecule has 1 atom stereocenters. The van der Waals surface area contributed by atoms with Gasteiger partial charge in [-0.05, 0) is 13.0 Å². The van der Waals surface area contributed by atoms with Crippen molar-refractivity contribution in [3.8, 4) is 0 Å². The predicted octanol–water partition coefficient (Wildman–Crippen LogP) is 1.03. The Bertz CT molecular complexity index is 532. The van der Waals surface area contributed by atoms with Crippen molar-refractivity contribution in [1.29, 1.82) is 0 Å². The van der Waals surface area contributed by atoms with Crippen molar-refractivity contribution >= 4 is 17.6 Å². The van der Waals surface area contributed by atoms with Crippen molar-refractivity contribution in [3.63, 3.8) is 0 Å². The number of rotatable bonds is 4. The van der Waals surface area contributed by atoms with Crippen LogP contribution in [0.3, 0.4) is 0 Å². The number of non-ortho nitro benzene ring substituents is 1. The Morgan fingerprint density at radius 1 is 1.47 bits per heavy atom. The SMILES string of the molecule is COC(=O)C(C)NC(=O)c1cc([N+](=O)[O-])ccc1F. The van der Waals surface area contributed by atoms with Gasteiger partial charge in [0.1, 0.15) is 11.9 Å². The van der Waals surface area contributed by atoms with Gasteiger partial charge in [0, 0.05) is 12.1 Å². The topological polar surface area (TPSA) is 98.5 Å². The van der Waals surface area contributed by atoms with Gasteiger partial charge in [-0.2, -0.15) is 0 Å². The lowest BCUT2D eigenvalue weighted by molar-refractivity contribution is -0.384. The first-order valence-corrected chi connectivity index (χ1v) is 5.19. The summed E-state index contributed by atoms with van der Waals surface area (Å²) >= 11 is 0. The molecule has 0 saturated heterocycles. The van der Waals surface area contributed by atoms with Crippen molar-refractivity contribution in [2.24, 2.45) is 0 Å². The van der Waals surface area contributed by atoms with Gasteiger partial charge in [-0.3, -0.25) is 14.9 Å². The number of halogens is 1. The lowest BCUT2D eigenvalue weighted by Gasteiger charge is -2.11. The Morgan fingerprint density at radius 3 is 2.63 bits per heavy atom. The van der Waals surface area contributed by atoms with E-state index in [4.69, 9.17) is 0 Å². The van der Waals surface area contributed by atoms with E-state index in [1.165, 1.54) is 6.92 Å². The van der Waals surface area contributed by atoms with Crippen molar-refractivity contribution < 1.29 is 23.6 Å². The first kappa shape index (κ1) is 14.6. The van der Waals surface area contributed by atoms with Gasteiger partial charge in [-0.15, -0.1) is 0 Å². The third kappa shape index (κ3) is 3.47. The smallest absolute Gasteiger partial charge is 0.328 e. The molecule has 0 radical (unpaired) electrons. The van der Waals surface area contributed by atoms with Crippen molar-refractivity contribution in [2.75, 3.05) is 7.11 Å². The maximum Gasteiger partial charge on any atom is 0.328 e. The summed E-state index contributed by atoms with van der Waals surface area (Å²) in [5.41, 5.74) is -0.928. The third-order valence-corrected chi connectivity index (χ3v) is 2.31. The molecular weight excluding hydrogens is 259 g/mol. The van der Waals surface area contributed by atoms with Crippen molar-refractivity contribution in [3.05, 3.63) is 39.7 Å². The summed E-state index contributed by atoms with van der Waals surface area (Å²) in [6, 6.07) is 1.57. The second-order valence-corrected chi connectivity index (χ2v) is 3.64. The Kier molecular flexibility index (Phi) is 4.51. The highest BCUT2D eigenvalue weighted by Gasteiger charge is 2.21. The summed E-state index contributed by atoms with van der Waals surface area (Å²) in [6.45, 7) is 1.35.